The van der Waals surface area contributed by atoms with Gasteiger partial charge in [0.2, 0.25) is 0 Å². The molecular weight excluding hydrogens is 274 g/mol. The fourth-order valence-corrected chi connectivity index (χ4v) is 2.01. The van der Waals surface area contributed by atoms with Crippen LogP contribution in [0.2, 0.25) is 0 Å². The number of hydrogen-bond acceptors (Lipinski definition) is 2. The van der Waals surface area contributed by atoms with Gasteiger partial charge in [0.05, 0.1) is 11.4 Å². The molecule has 0 aliphatic carbocycles. The van der Waals surface area contributed by atoms with Crippen LogP contribution in [0.15, 0.2) is 40.8 Å². The highest BCUT2D eigenvalue weighted by molar-refractivity contribution is 6.20. The molecule has 1 heterocycles. The van der Waals surface area contributed by atoms with E-state index >= 15 is 0 Å². The number of hydrogen-bond donors (Lipinski definition) is 1. The van der Waals surface area contributed by atoms with Gasteiger partial charge in [0.25, 0.3) is 5.91 Å². The molecule has 0 saturated carbocycles. The van der Waals surface area contributed by atoms with Crippen LogP contribution in [0.3, 0.4) is 0 Å². The summed E-state index contributed by atoms with van der Waals surface area (Å²) in [5.41, 5.74) is 2.25. The molecular formula is C16H18ClNO2. The maximum Gasteiger partial charge on any atom is 0.287 e. The molecule has 0 bridgehead atoms. The summed E-state index contributed by atoms with van der Waals surface area (Å²) >= 11 is 5.91. The molecule has 3 nitrogen and oxygen atoms in total. The van der Waals surface area contributed by atoms with Crippen LogP contribution >= 0.6 is 11.6 Å². The first kappa shape index (κ1) is 14.7. The Morgan fingerprint density at radius 3 is 2.35 bits per heavy atom. The molecule has 1 amide bonds. The standard InChI is InChI=1S/C16H18ClNO2/c1-10-4-6-13(7-5-10)12(3)18-16(19)15-9-8-14(20-15)11(2)17/h4-9,11-12H,1-3H3,(H,18,19). The summed E-state index contributed by atoms with van der Waals surface area (Å²) in [6.07, 6.45) is 0. The Labute approximate surface area is 123 Å². The van der Waals surface area contributed by atoms with Crippen molar-refractivity contribution < 1.29 is 9.21 Å². The second-order valence-corrected chi connectivity index (χ2v) is 5.58. The molecule has 2 aromatic rings. The molecule has 0 radical (unpaired) electrons. The molecule has 0 spiro atoms. The largest absolute Gasteiger partial charge is 0.454 e. The van der Waals surface area contributed by atoms with Gasteiger partial charge in [-0.25, -0.2) is 0 Å². The van der Waals surface area contributed by atoms with E-state index in [-0.39, 0.29) is 23.1 Å². The van der Waals surface area contributed by atoms with Gasteiger partial charge >= 0.3 is 0 Å². The van der Waals surface area contributed by atoms with Crippen molar-refractivity contribution in [1.29, 1.82) is 0 Å². The average molecular weight is 292 g/mol. The number of alkyl halides is 1. The Bertz CT molecular complexity index is 587. The monoisotopic (exact) mass is 291 g/mol. The highest BCUT2D eigenvalue weighted by atomic mass is 35.5. The first-order valence-electron chi connectivity index (χ1n) is 6.58. The predicted molar refractivity (Wildman–Crippen MR) is 80.0 cm³/mol. The zero-order valence-electron chi connectivity index (χ0n) is 11.8. The van der Waals surface area contributed by atoms with E-state index in [1.54, 1.807) is 19.1 Å². The van der Waals surface area contributed by atoms with Crippen molar-refractivity contribution in [2.24, 2.45) is 0 Å². The quantitative estimate of drug-likeness (QED) is 0.850. The van der Waals surface area contributed by atoms with E-state index in [1.807, 2.05) is 38.1 Å². The van der Waals surface area contributed by atoms with Crippen molar-refractivity contribution in [3.63, 3.8) is 0 Å². The fraction of sp³-hybridized carbons (Fsp3) is 0.312. The molecule has 4 heteroatoms. The summed E-state index contributed by atoms with van der Waals surface area (Å²) < 4.78 is 5.42. The molecule has 0 fully saturated rings. The second kappa shape index (κ2) is 6.14. The van der Waals surface area contributed by atoms with Gasteiger partial charge in [-0.05, 0) is 38.5 Å². The Hall–Kier alpha value is -1.74. The normalized spacial score (nSPS) is 13.8. The summed E-state index contributed by atoms with van der Waals surface area (Å²) in [6.45, 7) is 5.78. The van der Waals surface area contributed by atoms with Crippen molar-refractivity contribution in [2.75, 3.05) is 0 Å². The van der Waals surface area contributed by atoms with Crippen LogP contribution in [0, 0.1) is 6.92 Å². The first-order valence-corrected chi connectivity index (χ1v) is 7.02. The van der Waals surface area contributed by atoms with Crippen molar-refractivity contribution in [3.05, 3.63) is 59.0 Å². The van der Waals surface area contributed by atoms with Crippen LogP contribution in [0.5, 0.6) is 0 Å². The topological polar surface area (TPSA) is 42.2 Å². The maximum absolute atomic E-state index is 12.1. The highest BCUT2D eigenvalue weighted by Crippen LogP contribution is 2.22. The first-order chi connectivity index (χ1) is 9.47. The third-order valence-corrected chi connectivity index (χ3v) is 3.38. The lowest BCUT2D eigenvalue weighted by atomic mass is 10.1. The van der Waals surface area contributed by atoms with E-state index < -0.39 is 0 Å². The van der Waals surface area contributed by atoms with Gasteiger partial charge in [-0.3, -0.25) is 4.79 Å². The van der Waals surface area contributed by atoms with Gasteiger partial charge < -0.3 is 9.73 Å². The predicted octanol–water partition coefficient (Wildman–Crippen LogP) is 4.38. The van der Waals surface area contributed by atoms with E-state index in [9.17, 15) is 4.79 Å². The molecule has 106 valence electrons. The minimum absolute atomic E-state index is 0.0786. The lowest BCUT2D eigenvalue weighted by molar-refractivity contribution is 0.0910. The number of halogens is 1. The van der Waals surface area contributed by atoms with Crippen molar-refractivity contribution in [1.82, 2.24) is 5.32 Å². The van der Waals surface area contributed by atoms with Crippen LogP contribution in [-0.4, -0.2) is 5.91 Å². The number of benzene rings is 1. The Morgan fingerprint density at radius 1 is 1.15 bits per heavy atom. The van der Waals surface area contributed by atoms with E-state index in [2.05, 4.69) is 5.32 Å². The highest BCUT2D eigenvalue weighted by Gasteiger charge is 2.16. The Balaban J connectivity index is 2.04. The van der Waals surface area contributed by atoms with Gasteiger partial charge in [-0.15, -0.1) is 11.6 Å². The van der Waals surface area contributed by atoms with Crippen LogP contribution in [0.25, 0.3) is 0 Å². The average Bonchev–Trinajstić information content (AvgIpc) is 2.89. The van der Waals surface area contributed by atoms with Crippen LogP contribution in [0.4, 0.5) is 0 Å². The van der Waals surface area contributed by atoms with Crippen LogP contribution in [-0.2, 0) is 0 Å². The summed E-state index contributed by atoms with van der Waals surface area (Å²) in [7, 11) is 0. The number of carbonyl (C=O) groups excluding carboxylic acids is 1. The third kappa shape index (κ3) is 3.42. The Kier molecular flexibility index (Phi) is 4.50. The van der Waals surface area contributed by atoms with E-state index in [1.165, 1.54) is 5.56 Å². The minimum Gasteiger partial charge on any atom is -0.454 e. The number of carbonyl (C=O) groups is 1. The molecule has 20 heavy (non-hydrogen) atoms. The third-order valence-electron chi connectivity index (χ3n) is 3.17. The number of amides is 1. The van der Waals surface area contributed by atoms with Crippen molar-refractivity contribution in [2.45, 2.75) is 32.2 Å². The number of furan rings is 1. The van der Waals surface area contributed by atoms with Crippen molar-refractivity contribution >= 4 is 17.5 Å². The minimum atomic E-state index is -0.244. The van der Waals surface area contributed by atoms with Crippen LogP contribution in [0.1, 0.15) is 52.7 Å². The van der Waals surface area contributed by atoms with E-state index in [0.29, 0.717) is 5.76 Å². The molecule has 2 atom stereocenters. The lowest BCUT2D eigenvalue weighted by Crippen LogP contribution is -2.26. The van der Waals surface area contributed by atoms with Crippen molar-refractivity contribution in [3.8, 4) is 0 Å². The second-order valence-electron chi connectivity index (χ2n) is 4.92. The summed E-state index contributed by atoms with van der Waals surface area (Å²) in [5, 5.41) is 2.66. The van der Waals surface area contributed by atoms with Gasteiger partial charge in [0.1, 0.15) is 5.76 Å². The van der Waals surface area contributed by atoms with E-state index in [4.69, 9.17) is 16.0 Å². The number of rotatable bonds is 4. The Morgan fingerprint density at radius 2 is 1.80 bits per heavy atom. The lowest BCUT2D eigenvalue weighted by Gasteiger charge is -2.13. The zero-order valence-corrected chi connectivity index (χ0v) is 12.6. The smallest absolute Gasteiger partial charge is 0.287 e. The maximum atomic E-state index is 12.1. The molecule has 1 N–H and O–H groups in total. The fourth-order valence-electron chi connectivity index (χ4n) is 1.89. The SMILES string of the molecule is Cc1ccc(C(C)NC(=O)c2ccc(C(C)Cl)o2)cc1. The zero-order chi connectivity index (χ0) is 14.7. The molecule has 0 aliphatic rings. The summed E-state index contributed by atoms with van der Waals surface area (Å²) in [5.74, 6) is 0.646. The molecule has 0 saturated heterocycles. The van der Waals surface area contributed by atoms with Gasteiger partial charge in [0.15, 0.2) is 5.76 Å². The molecule has 0 aliphatic heterocycles. The summed E-state index contributed by atoms with van der Waals surface area (Å²) in [4.78, 5) is 12.1. The molecule has 1 aromatic carbocycles. The van der Waals surface area contributed by atoms with Gasteiger partial charge in [-0.2, -0.15) is 0 Å². The summed E-state index contributed by atoms with van der Waals surface area (Å²) in [6, 6.07) is 11.4. The molecule has 1 aromatic heterocycles. The van der Waals surface area contributed by atoms with Gasteiger partial charge in [0, 0.05) is 0 Å². The van der Waals surface area contributed by atoms with Crippen LogP contribution < -0.4 is 5.32 Å². The molecule has 2 rings (SSSR count). The van der Waals surface area contributed by atoms with Gasteiger partial charge in [-0.1, -0.05) is 29.8 Å². The number of nitrogens with one attached hydrogen (secondary N) is 1. The number of aryl methyl sites for hydroxylation is 1. The molecule has 2 unspecified atom stereocenters. The van der Waals surface area contributed by atoms with E-state index in [0.717, 1.165) is 5.56 Å².